The maximum Gasteiger partial charge on any atom is 0.346 e. The van der Waals surface area contributed by atoms with E-state index in [0.29, 0.717) is 39.0 Å². The summed E-state index contributed by atoms with van der Waals surface area (Å²) in [5.74, 6) is 1.98. The molecule has 1 saturated heterocycles. The number of likely N-dealkylation sites (tertiary alicyclic amines) is 1. The van der Waals surface area contributed by atoms with Gasteiger partial charge in [0.1, 0.15) is 11.6 Å². The van der Waals surface area contributed by atoms with Crippen molar-refractivity contribution in [3.05, 3.63) is 69.2 Å². The average Bonchev–Trinajstić information content (AvgIpc) is 3.30. The minimum Gasteiger partial charge on any atom is -0.361 e. The Balaban J connectivity index is 1.39. The van der Waals surface area contributed by atoms with Crippen LogP contribution in [-0.2, 0) is 24.3 Å². The molecule has 1 aliphatic rings. The molecule has 1 amide bonds. The van der Waals surface area contributed by atoms with Crippen molar-refractivity contribution in [2.75, 3.05) is 13.1 Å². The molecule has 0 N–H and O–H groups in total. The summed E-state index contributed by atoms with van der Waals surface area (Å²) in [6.45, 7) is 8.22. The van der Waals surface area contributed by atoms with Crippen molar-refractivity contribution in [3.8, 4) is 0 Å². The number of amides is 1. The maximum absolute atomic E-state index is 12.9. The topological polar surface area (TPSA) is 86.2 Å². The molecule has 0 aliphatic carbocycles. The molecule has 0 saturated carbocycles. The molecule has 8 nitrogen and oxygen atoms in total. The average molecular weight is 438 g/mol. The Morgan fingerprint density at radius 2 is 1.88 bits per heavy atom. The molecule has 0 atom stereocenters. The summed E-state index contributed by atoms with van der Waals surface area (Å²) in [5, 5.41) is 8.67. The molecular weight excluding hydrogens is 406 g/mol. The molecule has 1 fully saturated rings. The number of piperidine rings is 1. The number of hydrogen-bond acceptors (Lipinski definition) is 5. The number of nitrogens with zero attached hydrogens (tertiary/aromatic N) is 5. The highest BCUT2D eigenvalue weighted by Gasteiger charge is 2.28. The summed E-state index contributed by atoms with van der Waals surface area (Å²) in [4.78, 5) is 27.6. The lowest BCUT2D eigenvalue weighted by molar-refractivity contribution is -0.132. The van der Waals surface area contributed by atoms with Gasteiger partial charge in [0.25, 0.3) is 0 Å². The van der Waals surface area contributed by atoms with Gasteiger partial charge in [0.05, 0.1) is 12.2 Å². The first-order chi connectivity index (χ1) is 15.5. The van der Waals surface area contributed by atoms with Crippen molar-refractivity contribution in [2.45, 2.75) is 65.5 Å². The summed E-state index contributed by atoms with van der Waals surface area (Å²) in [7, 11) is 0. The van der Waals surface area contributed by atoms with E-state index in [1.165, 1.54) is 0 Å². The molecule has 1 aliphatic heterocycles. The first-order valence-corrected chi connectivity index (χ1v) is 11.4. The highest BCUT2D eigenvalue weighted by atomic mass is 16.5. The smallest absolute Gasteiger partial charge is 0.346 e. The van der Waals surface area contributed by atoms with Crippen molar-refractivity contribution in [1.29, 1.82) is 0 Å². The Morgan fingerprint density at radius 1 is 1.16 bits per heavy atom. The number of benzene rings is 1. The number of carbonyl (C=O) groups is 1. The van der Waals surface area contributed by atoms with Gasteiger partial charge in [-0.05, 0) is 45.6 Å². The van der Waals surface area contributed by atoms with Gasteiger partial charge in [-0.1, -0.05) is 35.5 Å². The number of aryl methyl sites for hydroxylation is 2. The second kappa shape index (κ2) is 9.54. The fourth-order valence-corrected chi connectivity index (χ4v) is 4.55. The summed E-state index contributed by atoms with van der Waals surface area (Å²) < 4.78 is 8.54. The van der Waals surface area contributed by atoms with Crippen LogP contribution in [-0.4, -0.2) is 43.4 Å². The van der Waals surface area contributed by atoms with Gasteiger partial charge >= 0.3 is 5.69 Å². The zero-order chi connectivity index (χ0) is 22.7. The molecule has 4 rings (SSSR count). The lowest BCUT2D eigenvalue weighted by Gasteiger charge is -2.31. The van der Waals surface area contributed by atoms with Crippen LogP contribution in [0.15, 0.2) is 39.6 Å². The van der Waals surface area contributed by atoms with Gasteiger partial charge in [0, 0.05) is 37.5 Å². The van der Waals surface area contributed by atoms with Gasteiger partial charge in [0.2, 0.25) is 5.91 Å². The van der Waals surface area contributed by atoms with Crippen LogP contribution in [0.2, 0.25) is 0 Å². The predicted octanol–water partition coefficient (Wildman–Crippen LogP) is 3.06. The zero-order valence-electron chi connectivity index (χ0n) is 19.1. The zero-order valence-corrected chi connectivity index (χ0v) is 19.1. The summed E-state index contributed by atoms with van der Waals surface area (Å²) in [5.41, 5.74) is 2.88. The minimum atomic E-state index is -0.0654. The monoisotopic (exact) mass is 437 g/mol. The van der Waals surface area contributed by atoms with Crippen LogP contribution in [0.5, 0.6) is 0 Å². The predicted molar refractivity (Wildman–Crippen MR) is 121 cm³/mol. The van der Waals surface area contributed by atoms with Gasteiger partial charge in [-0.15, -0.1) is 0 Å². The van der Waals surface area contributed by atoms with E-state index >= 15 is 0 Å². The molecule has 1 aromatic carbocycles. The third kappa shape index (κ3) is 4.54. The van der Waals surface area contributed by atoms with Crippen LogP contribution in [0.4, 0.5) is 0 Å². The molecule has 0 spiro atoms. The van der Waals surface area contributed by atoms with E-state index in [-0.39, 0.29) is 17.5 Å². The van der Waals surface area contributed by atoms with Crippen LogP contribution < -0.4 is 5.69 Å². The van der Waals surface area contributed by atoms with Crippen molar-refractivity contribution < 1.29 is 9.32 Å². The normalized spacial score (nSPS) is 14.8. The molecule has 32 heavy (non-hydrogen) atoms. The van der Waals surface area contributed by atoms with Gasteiger partial charge in [-0.3, -0.25) is 9.36 Å². The second-order valence-corrected chi connectivity index (χ2v) is 8.49. The number of hydrogen-bond donors (Lipinski definition) is 0. The lowest BCUT2D eigenvalue weighted by atomic mass is 9.95. The van der Waals surface area contributed by atoms with Crippen LogP contribution in [0, 0.1) is 13.8 Å². The molecule has 170 valence electrons. The molecule has 0 bridgehead atoms. The van der Waals surface area contributed by atoms with Crippen LogP contribution in [0.1, 0.15) is 60.5 Å². The third-order valence-electron chi connectivity index (χ3n) is 6.43. The molecule has 3 aromatic rings. The summed E-state index contributed by atoms with van der Waals surface area (Å²) in [6.07, 6.45) is 2.75. The molecule has 0 radical (unpaired) electrons. The molecule has 0 unspecified atom stereocenters. The molecule has 8 heteroatoms. The summed E-state index contributed by atoms with van der Waals surface area (Å²) >= 11 is 0. The van der Waals surface area contributed by atoms with Crippen molar-refractivity contribution in [1.82, 2.24) is 24.4 Å². The first-order valence-electron chi connectivity index (χ1n) is 11.4. The van der Waals surface area contributed by atoms with E-state index in [2.05, 4.69) is 5.16 Å². The Hall–Kier alpha value is -3.16. The van der Waals surface area contributed by atoms with E-state index in [0.717, 1.165) is 41.2 Å². The minimum absolute atomic E-state index is 0.0654. The van der Waals surface area contributed by atoms with E-state index in [9.17, 15) is 9.59 Å². The number of carbonyl (C=O) groups excluding carboxylic acids is 1. The van der Waals surface area contributed by atoms with Gasteiger partial charge < -0.3 is 9.42 Å². The SMILES string of the molecule is CCn1c(C2CCN(C(=O)CCc3c(C)noc3C)CC2)nn(Cc2ccccc2)c1=O. The second-order valence-electron chi connectivity index (χ2n) is 8.49. The van der Waals surface area contributed by atoms with E-state index in [1.54, 1.807) is 9.25 Å². The molecule has 3 heterocycles. The van der Waals surface area contributed by atoms with Crippen LogP contribution in [0.3, 0.4) is 0 Å². The highest BCUT2D eigenvalue weighted by molar-refractivity contribution is 5.76. The van der Waals surface area contributed by atoms with Crippen LogP contribution in [0.25, 0.3) is 0 Å². The molecule has 2 aromatic heterocycles. The lowest BCUT2D eigenvalue weighted by Crippen LogP contribution is -2.38. The Morgan fingerprint density at radius 3 is 2.50 bits per heavy atom. The van der Waals surface area contributed by atoms with Gasteiger partial charge in [-0.2, -0.15) is 5.10 Å². The Labute approximate surface area is 187 Å². The number of aromatic nitrogens is 4. The fourth-order valence-electron chi connectivity index (χ4n) is 4.55. The molecular formula is C24H31N5O3. The largest absolute Gasteiger partial charge is 0.361 e. The van der Waals surface area contributed by atoms with E-state index < -0.39 is 0 Å². The standard InChI is InChI=1S/C24H31N5O3/c1-4-28-23(25-29(24(28)31)16-19-8-6-5-7-9-19)20-12-14-27(15-13-20)22(30)11-10-21-17(2)26-32-18(21)3/h5-9,20H,4,10-16H2,1-3H3. The Bertz CT molecular complexity index is 1100. The third-order valence-corrected chi connectivity index (χ3v) is 6.43. The fraction of sp³-hybridized carbons (Fsp3) is 0.500. The Kier molecular flexibility index (Phi) is 6.58. The highest BCUT2D eigenvalue weighted by Crippen LogP contribution is 2.27. The van der Waals surface area contributed by atoms with Gasteiger partial charge in [-0.25, -0.2) is 9.48 Å². The summed E-state index contributed by atoms with van der Waals surface area (Å²) in [6, 6.07) is 9.91. The first kappa shape index (κ1) is 22.0. The van der Waals surface area contributed by atoms with E-state index in [1.807, 2.05) is 56.0 Å². The van der Waals surface area contributed by atoms with Crippen LogP contribution >= 0.6 is 0 Å². The van der Waals surface area contributed by atoms with Crippen molar-refractivity contribution >= 4 is 5.91 Å². The maximum atomic E-state index is 12.9. The van der Waals surface area contributed by atoms with Crippen molar-refractivity contribution in [3.63, 3.8) is 0 Å². The van der Waals surface area contributed by atoms with Crippen molar-refractivity contribution in [2.24, 2.45) is 0 Å². The van der Waals surface area contributed by atoms with Gasteiger partial charge in [0.15, 0.2) is 0 Å². The quantitative estimate of drug-likeness (QED) is 0.567. The number of rotatable bonds is 7. The van der Waals surface area contributed by atoms with E-state index in [4.69, 9.17) is 9.62 Å².